The van der Waals surface area contributed by atoms with E-state index in [1.54, 1.807) is 7.11 Å². The minimum atomic E-state index is -0.437. The second-order valence-corrected chi connectivity index (χ2v) is 7.22. The number of amides is 1. The van der Waals surface area contributed by atoms with Gasteiger partial charge >= 0.3 is 0 Å². The number of rotatable bonds is 7. The van der Waals surface area contributed by atoms with Crippen LogP contribution in [0.25, 0.3) is 0 Å². The number of hydrogen-bond acceptors (Lipinski definition) is 4. The molecule has 1 amide bonds. The van der Waals surface area contributed by atoms with Gasteiger partial charge in [0.1, 0.15) is 0 Å². The highest BCUT2D eigenvalue weighted by Crippen LogP contribution is 2.35. The topological polar surface area (TPSA) is 50.8 Å². The Labute approximate surface area is 150 Å². The van der Waals surface area contributed by atoms with Gasteiger partial charge in [0.2, 0.25) is 5.91 Å². The maximum Gasteiger partial charge on any atom is 0.230 e. The lowest BCUT2D eigenvalue weighted by Gasteiger charge is -2.36. The highest BCUT2D eigenvalue weighted by Gasteiger charge is 2.41. The fourth-order valence-electron chi connectivity index (χ4n) is 4.03. The Morgan fingerprint density at radius 3 is 2.80 bits per heavy atom. The van der Waals surface area contributed by atoms with Gasteiger partial charge in [-0.25, -0.2) is 0 Å². The average Bonchev–Trinajstić information content (AvgIpc) is 3.13. The third-order valence-electron chi connectivity index (χ3n) is 5.64. The van der Waals surface area contributed by atoms with E-state index in [1.165, 1.54) is 0 Å². The molecule has 3 rings (SSSR count). The molecule has 0 aliphatic carbocycles. The molecule has 1 aromatic rings. The second kappa shape index (κ2) is 8.79. The molecule has 2 aliphatic heterocycles. The van der Waals surface area contributed by atoms with E-state index in [4.69, 9.17) is 9.47 Å². The first-order chi connectivity index (χ1) is 12.2. The monoisotopic (exact) mass is 346 g/mol. The van der Waals surface area contributed by atoms with Gasteiger partial charge in [-0.1, -0.05) is 30.3 Å². The van der Waals surface area contributed by atoms with Gasteiger partial charge in [-0.2, -0.15) is 0 Å². The van der Waals surface area contributed by atoms with Crippen LogP contribution in [0.4, 0.5) is 0 Å². The summed E-state index contributed by atoms with van der Waals surface area (Å²) < 4.78 is 10.7. The number of ether oxygens (including phenoxy) is 2. The second-order valence-electron chi connectivity index (χ2n) is 7.22. The summed E-state index contributed by atoms with van der Waals surface area (Å²) in [5.74, 6) is 0.700. The SMILES string of the molecule is COCCN1CC[C@H](CNC(=O)C2(c3ccccc3)CCOCC2)C1. The summed E-state index contributed by atoms with van der Waals surface area (Å²) in [5.41, 5.74) is 0.678. The van der Waals surface area contributed by atoms with Crippen LogP contribution in [0.1, 0.15) is 24.8 Å². The number of hydrogen-bond donors (Lipinski definition) is 1. The van der Waals surface area contributed by atoms with Gasteiger partial charge in [-0.15, -0.1) is 0 Å². The van der Waals surface area contributed by atoms with Crippen molar-refractivity contribution in [1.82, 2.24) is 10.2 Å². The third kappa shape index (κ3) is 4.40. The van der Waals surface area contributed by atoms with Crippen molar-refractivity contribution in [2.75, 3.05) is 53.1 Å². The smallest absolute Gasteiger partial charge is 0.230 e. The zero-order valence-corrected chi connectivity index (χ0v) is 15.2. The van der Waals surface area contributed by atoms with E-state index >= 15 is 0 Å². The van der Waals surface area contributed by atoms with E-state index in [2.05, 4.69) is 22.3 Å². The Hall–Kier alpha value is -1.43. The number of benzene rings is 1. The number of carbonyl (C=O) groups excluding carboxylic acids is 1. The third-order valence-corrected chi connectivity index (χ3v) is 5.64. The summed E-state index contributed by atoms with van der Waals surface area (Å²) in [6.45, 7) is 5.96. The molecule has 2 fully saturated rings. The quantitative estimate of drug-likeness (QED) is 0.818. The number of likely N-dealkylation sites (tertiary alicyclic amines) is 1. The van der Waals surface area contributed by atoms with Crippen molar-refractivity contribution in [2.45, 2.75) is 24.7 Å². The number of nitrogens with zero attached hydrogens (tertiary/aromatic N) is 1. The lowest BCUT2D eigenvalue weighted by molar-refractivity contribution is -0.130. The summed E-state index contributed by atoms with van der Waals surface area (Å²) in [7, 11) is 1.74. The van der Waals surface area contributed by atoms with Crippen molar-refractivity contribution in [1.29, 1.82) is 0 Å². The lowest BCUT2D eigenvalue weighted by atomic mass is 9.73. The van der Waals surface area contributed by atoms with Crippen molar-refractivity contribution in [3.8, 4) is 0 Å². The van der Waals surface area contributed by atoms with Gasteiger partial charge in [0.25, 0.3) is 0 Å². The van der Waals surface area contributed by atoms with Crippen molar-refractivity contribution < 1.29 is 14.3 Å². The fourth-order valence-corrected chi connectivity index (χ4v) is 4.03. The molecule has 1 aromatic carbocycles. The molecule has 0 aromatic heterocycles. The standard InChI is InChI=1S/C20H30N2O3/c1-24-14-11-22-10-7-17(16-22)15-21-19(23)20(8-12-25-13-9-20)18-5-3-2-4-6-18/h2-6,17H,7-16H2,1H3,(H,21,23)/t17-/m1/s1. The number of carbonyl (C=O) groups is 1. The summed E-state index contributed by atoms with van der Waals surface area (Å²) >= 11 is 0. The molecular formula is C20H30N2O3. The van der Waals surface area contributed by atoms with Gasteiger partial charge in [-0.3, -0.25) is 4.79 Å². The molecule has 138 valence electrons. The Kier molecular flexibility index (Phi) is 6.45. The average molecular weight is 346 g/mol. The largest absolute Gasteiger partial charge is 0.383 e. The fraction of sp³-hybridized carbons (Fsp3) is 0.650. The maximum absolute atomic E-state index is 13.1. The van der Waals surface area contributed by atoms with Crippen LogP contribution in [0.15, 0.2) is 30.3 Å². The normalized spacial score (nSPS) is 23.5. The molecule has 2 saturated heterocycles. The number of nitrogens with one attached hydrogen (secondary N) is 1. The predicted molar refractivity (Wildman–Crippen MR) is 97.6 cm³/mol. The summed E-state index contributed by atoms with van der Waals surface area (Å²) in [4.78, 5) is 15.5. The molecule has 2 heterocycles. The summed E-state index contributed by atoms with van der Waals surface area (Å²) in [5, 5.41) is 3.26. The van der Waals surface area contributed by atoms with Crippen LogP contribution in [-0.4, -0.2) is 63.9 Å². The molecular weight excluding hydrogens is 316 g/mol. The predicted octanol–water partition coefficient (Wildman–Crippen LogP) is 1.82. The van der Waals surface area contributed by atoms with Crippen LogP contribution in [0, 0.1) is 5.92 Å². The van der Waals surface area contributed by atoms with E-state index in [-0.39, 0.29) is 5.91 Å². The first-order valence-corrected chi connectivity index (χ1v) is 9.37. The minimum absolute atomic E-state index is 0.164. The van der Waals surface area contributed by atoms with E-state index in [0.717, 1.165) is 57.6 Å². The van der Waals surface area contributed by atoms with E-state index in [9.17, 15) is 4.79 Å². The Morgan fingerprint density at radius 1 is 1.32 bits per heavy atom. The molecule has 0 unspecified atom stereocenters. The lowest BCUT2D eigenvalue weighted by Crippen LogP contribution is -2.49. The molecule has 2 aliphatic rings. The highest BCUT2D eigenvalue weighted by atomic mass is 16.5. The molecule has 0 saturated carbocycles. The van der Waals surface area contributed by atoms with Crippen LogP contribution < -0.4 is 5.32 Å². The van der Waals surface area contributed by atoms with Gasteiger partial charge in [0.15, 0.2) is 0 Å². The van der Waals surface area contributed by atoms with Gasteiger partial charge in [0, 0.05) is 40.0 Å². The number of methoxy groups -OCH3 is 1. The minimum Gasteiger partial charge on any atom is -0.383 e. The molecule has 5 nitrogen and oxygen atoms in total. The zero-order valence-electron chi connectivity index (χ0n) is 15.2. The van der Waals surface area contributed by atoms with Crippen molar-refractivity contribution in [3.63, 3.8) is 0 Å². The molecule has 5 heteroatoms. The maximum atomic E-state index is 13.1. The summed E-state index contributed by atoms with van der Waals surface area (Å²) in [6.07, 6.45) is 2.66. The van der Waals surface area contributed by atoms with E-state index < -0.39 is 5.41 Å². The first-order valence-electron chi connectivity index (χ1n) is 9.37. The van der Waals surface area contributed by atoms with Gasteiger partial charge < -0.3 is 19.7 Å². The van der Waals surface area contributed by atoms with Crippen LogP contribution in [-0.2, 0) is 19.7 Å². The molecule has 0 bridgehead atoms. The molecule has 25 heavy (non-hydrogen) atoms. The van der Waals surface area contributed by atoms with Gasteiger partial charge in [0.05, 0.1) is 12.0 Å². The van der Waals surface area contributed by atoms with Crippen LogP contribution in [0.5, 0.6) is 0 Å². The van der Waals surface area contributed by atoms with Crippen LogP contribution in [0.2, 0.25) is 0 Å². The van der Waals surface area contributed by atoms with Crippen molar-refractivity contribution in [2.24, 2.45) is 5.92 Å². The summed E-state index contributed by atoms with van der Waals surface area (Å²) in [6, 6.07) is 10.2. The Balaban J connectivity index is 1.58. The van der Waals surface area contributed by atoms with Crippen LogP contribution in [0.3, 0.4) is 0 Å². The van der Waals surface area contributed by atoms with Crippen molar-refractivity contribution in [3.05, 3.63) is 35.9 Å². The molecule has 0 radical (unpaired) electrons. The van der Waals surface area contributed by atoms with Crippen molar-refractivity contribution >= 4 is 5.91 Å². The zero-order chi connectivity index (χ0) is 17.5. The van der Waals surface area contributed by atoms with Crippen LogP contribution >= 0.6 is 0 Å². The Morgan fingerprint density at radius 2 is 2.08 bits per heavy atom. The first kappa shape index (κ1) is 18.4. The molecule has 1 atom stereocenters. The molecule has 1 N–H and O–H groups in total. The van der Waals surface area contributed by atoms with E-state index in [0.29, 0.717) is 19.1 Å². The Bertz CT molecular complexity index is 543. The van der Waals surface area contributed by atoms with Gasteiger partial charge in [-0.05, 0) is 37.3 Å². The highest BCUT2D eigenvalue weighted by molar-refractivity contribution is 5.88. The molecule has 0 spiro atoms. The van der Waals surface area contributed by atoms with E-state index in [1.807, 2.05) is 18.2 Å².